The number of benzene rings is 4. The molecule has 0 spiro atoms. The fourth-order valence-corrected chi connectivity index (χ4v) is 8.33. The van der Waals surface area contributed by atoms with E-state index in [-0.39, 0.29) is 18.7 Å². The highest BCUT2D eigenvalue weighted by Gasteiger charge is 2.34. The van der Waals surface area contributed by atoms with Crippen LogP contribution in [0.15, 0.2) is 66.7 Å². The van der Waals surface area contributed by atoms with Gasteiger partial charge in [0, 0.05) is 50.4 Å². The summed E-state index contributed by atoms with van der Waals surface area (Å²) in [5.74, 6) is 4.62. The molecule has 5 aliphatic heterocycles. The van der Waals surface area contributed by atoms with Crippen LogP contribution in [0.3, 0.4) is 0 Å². The summed E-state index contributed by atoms with van der Waals surface area (Å²) in [6.07, 6.45) is 2.65. The van der Waals surface area contributed by atoms with Crippen molar-refractivity contribution in [3.05, 3.63) is 100 Å². The topological polar surface area (TPSA) is 85.3 Å². The SMILES string of the molecule is COc1ccc2cc1Oc1ccc(cc1)C[C@H]1c3cc(ccc3CCN1C)Oc1c(OCC(O)CN3CCOCC3)c(OC)cc3c1[C@H](C2)N(C)CC3. The molecule has 10 heteroatoms. The van der Waals surface area contributed by atoms with Crippen LogP contribution in [0.4, 0.5) is 0 Å². The van der Waals surface area contributed by atoms with Crippen molar-refractivity contribution in [3.8, 4) is 40.2 Å². The predicted octanol–water partition coefficient (Wildman–Crippen LogP) is 6.22. The lowest BCUT2D eigenvalue weighted by Gasteiger charge is -2.37. The summed E-state index contributed by atoms with van der Waals surface area (Å²) in [7, 11) is 7.72. The molecule has 1 unspecified atom stereocenters. The highest BCUT2D eigenvalue weighted by molar-refractivity contribution is 5.63. The van der Waals surface area contributed by atoms with Crippen LogP contribution in [0.2, 0.25) is 0 Å². The maximum Gasteiger partial charge on any atom is 0.204 e. The Morgan fingerprint density at radius 3 is 2.21 bits per heavy atom. The number of nitrogens with zero attached hydrogens (tertiary/aromatic N) is 3. The van der Waals surface area contributed by atoms with Crippen molar-refractivity contribution in [2.45, 2.75) is 43.9 Å². The molecule has 1 saturated heterocycles. The Kier molecular flexibility index (Phi) is 10.5. The largest absolute Gasteiger partial charge is 0.493 e. The van der Waals surface area contributed by atoms with Gasteiger partial charge in [-0.3, -0.25) is 14.7 Å². The first-order valence-corrected chi connectivity index (χ1v) is 18.9. The van der Waals surface area contributed by atoms with E-state index in [1.165, 1.54) is 16.7 Å². The second-order valence-corrected chi connectivity index (χ2v) is 14.8. The summed E-state index contributed by atoms with van der Waals surface area (Å²) in [4.78, 5) is 7.04. The second-order valence-electron chi connectivity index (χ2n) is 14.8. The number of hydrogen-bond donors (Lipinski definition) is 1. The van der Waals surface area contributed by atoms with Gasteiger partial charge >= 0.3 is 0 Å². The van der Waals surface area contributed by atoms with Crippen LogP contribution in [0.1, 0.15) is 45.5 Å². The minimum absolute atomic E-state index is 0.0452. The van der Waals surface area contributed by atoms with Crippen molar-refractivity contribution >= 4 is 0 Å². The van der Waals surface area contributed by atoms with Gasteiger partial charge in [-0.1, -0.05) is 24.3 Å². The lowest BCUT2D eigenvalue weighted by Crippen LogP contribution is -2.42. The standard InChI is InChI=1S/C43H51N3O7/c1-44-15-13-30-8-11-34-25-35(30)36(44)21-28-5-9-33(10-6-28)52-39-23-29(7-12-38(39)48-3)22-37-41-31(14-16-45(37)2)24-40(49-4)42(43(41)53-34)51-27-32(47)26-46-17-19-50-20-18-46/h5-12,23-25,32,36-37,47H,13-22,26-27H2,1-4H3/t32?,36-,37-/m0/s1. The van der Waals surface area contributed by atoms with Gasteiger partial charge < -0.3 is 33.5 Å². The van der Waals surface area contributed by atoms with Crippen LogP contribution in [-0.2, 0) is 30.4 Å². The van der Waals surface area contributed by atoms with Gasteiger partial charge in [-0.2, -0.15) is 0 Å². The van der Waals surface area contributed by atoms with Crippen LogP contribution in [-0.4, -0.2) is 107 Å². The smallest absolute Gasteiger partial charge is 0.204 e. The van der Waals surface area contributed by atoms with Crippen molar-refractivity contribution in [3.63, 3.8) is 0 Å². The molecule has 53 heavy (non-hydrogen) atoms. The monoisotopic (exact) mass is 721 g/mol. The molecular weight excluding hydrogens is 670 g/mol. The molecule has 0 saturated carbocycles. The van der Waals surface area contributed by atoms with Gasteiger partial charge in [-0.15, -0.1) is 0 Å². The van der Waals surface area contributed by atoms with E-state index in [1.807, 2.05) is 6.07 Å². The lowest BCUT2D eigenvalue weighted by atomic mass is 9.87. The zero-order valence-corrected chi connectivity index (χ0v) is 31.3. The number of ether oxygens (including phenoxy) is 6. The third kappa shape index (κ3) is 7.57. The first-order valence-electron chi connectivity index (χ1n) is 18.9. The Bertz CT molecular complexity index is 1910. The van der Waals surface area contributed by atoms with Crippen LogP contribution in [0, 0.1) is 0 Å². The Morgan fingerprint density at radius 1 is 0.736 bits per heavy atom. The van der Waals surface area contributed by atoms with Crippen molar-refractivity contribution in [1.29, 1.82) is 0 Å². The highest BCUT2D eigenvalue weighted by Crippen LogP contribution is 2.51. The Labute approximate surface area is 312 Å². The normalized spacial score (nSPS) is 21.0. The Morgan fingerprint density at radius 2 is 1.43 bits per heavy atom. The Balaban J connectivity index is 1.26. The predicted molar refractivity (Wildman–Crippen MR) is 203 cm³/mol. The van der Waals surface area contributed by atoms with Crippen molar-refractivity contribution in [1.82, 2.24) is 14.7 Å². The molecule has 0 amide bonds. The molecule has 5 aliphatic rings. The van der Waals surface area contributed by atoms with E-state index in [2.05, 4.69) is 89.5 Å². The van der Waals surface area contributed by atoms with E-state index in [1.54, 1.807) is 14.2 Å². The van der Waals surface area contributed by atoms with Gasteiger partial charge in [0.25, 0.3) is 0 Å². The number of β-amino-alcohol motifs (C(OH)–C–C–N with tert-alkyl or cyclic N) is 1. The minimum atomic E-state index is -0.703. The molecule has 6 bridgehead atoms. The average molecular weight is 722 g/mol. The molecule has 4 aromatic carbocycles. The summed E-state index contributed by atoms with van der Waals surface area (Å²) in [6, 6.07) is 23.4. The molecule has 10 nitrogen and oxygen atoms in total. The van der Waals surface area contributed by atoms with Crippen molar-refractivity contribution in [2.75, 3.05) is 80.9 Å². The average Bonchev–Trinajstić information content (AvgIpc) is 3.17. The fraction of sp³-hybridized carbons (Fsp3) is 0.442. The quantitative estimate of drug-likeness (QED) is 0.238. The van der Waals surface area contributed by atoms with Gasteiger partial charge in [-0.25, -0.2) is 0 Å². The molecule has 280 valence electrons. The maximum atomic E-state index is 11.2. The lowest BCUT2D eigenvalue weighted by molar-refractivity contribution is 0.00424. The Hall–Kier alpha value is -4.32. The van der Waals surface area contributed by atoms with Crippen LogP contribution >= 0.6 is 0 Å². The summed E-state index contributed by atoms with van der Waals surface area (Å²) in [5, 5.41) is 11.2. The molecule has 5 heterocycles. The van der Waals surface area contributed by atoms with Gasteiger partial charge in [0.2, 0.25) is 5.75 Å². The zero-order valence-electron chi connectivity index (χ0n) is 31.3. The molecular formula is C43H51N3O7. The molecule has 1 N–H and O–H groups in total. The van der Waals surface area contributed by atoms with E-state index in [0.29, 0.717) is 54.9 Å². The number of aliphatic hydroxyl groups excluding tert-OH is 1. The fourth-order valence-electron chi connectivity index (χ4n) is 8.33. The molecule has 0 aromatic heterocycles. The van der Waals surface area contributed by atoms with Crippen molar-refractivity contribution < 1.29 is 33.5 Å². The molecule has 4 aromatic rings. The van der Waals surface area contributed by atoms with E-state index in [4.69, 9.17) is 28.4 Å². The third-order valence-electron chi connectivity index (χ3n) is 11.3. The maximum absolute atomic E-state index is 11.2. The van der Waals surface area contributed by atoms with E-state index in [9.17, 15) is 5.11 Å². The minimum Gasteiger partial charge on any atom is -0.493 e. The second kappa shape index (κ2) is 15.6. The third-order valence-corrected chi connectivity index (χ3v) is 11.3. The molecule has 9 rings (SSSR count). The van der Waals surface area contributed by atoms with Crippen LogP contribution in [0.25, 0.3) is 0 Å². The number of fused-ring (bicyclic) bond motifs is 2. The molecule has 0 aliphatic carbocycles. The zero-order chi connectivity index (χ0) is 36.5. The first-order chi connectivity index (χ1) is 25.9. The van der Waals surface area contributed by atoms with Gasteiger partial charge in [0.1, 0.15) is 24.2 Å². The van der Waals surface area contributed by atoms with Gasteiger partial charge in [0.05, 0.1) is 27.4 Å². The number of aliphatic hydroxyl groups is 1. The molecule has 3 atom stereocenters. The van der Waals surface area contributed by atoms with Gasteiger partial charge in [-0.05, 0) is 110 Å². The number of hydrogen-bond acceptors (Lipinski definition) is 10. The van der Waals surface area contributed by atoms with Crippen LogP contribution in [0.5, 0.6) is 40.2 Å². The van der Waals surface area contributed by atoms with E-state index < -0.39 is 6.10 Å². The van der Waals surface area contributed by atoms with E-state index >= 15 is 0 Å². The summed E-state index contributed by atoms with van der Waals surface area (Å²) in [5.41, 5.74) is 7.18. The van der Waals surface area contributed by atoms with Crippen LogP contribution < -0.4 is 23.7 Å². The first kappa shape index (κ1) is 35.7. The number of rotatable bonds is 7. The summed E-state index contributed by atoms with van der Waals surface area (Å²) in [6.45, 7) is 5.38. The van der Waals surface area contributed by atoms with Gasteiger partial charge in [0.15, 0.2) is 23.0 Å². The molecule has 0 radical (unpaired) electrons. The molecule has 1 fully saturated rings. The highest BCUT2D eigenvalue weighted by atomic mass is 16.5. The number of methoxy groups -OCH3 is 2. The summed E-state index contributed by atoms with van der Waals surface area (Å²) < 4.78 is 37.5. The van der Waals surface area contributed by atoms with Crippen molar-refractivity contribution in [2.24, 2.45) is 0 Å². The summed E-state index contributed by atoms with van der Waals surface area (Å²) >= 11 is 0. The van der Waals surface area contributed by atoms with E-state index in [0.717, 1.165) is 73.6 Å². The number of likely N-dealkylation sites (N-methyl/N-ethyl adjacent to an activating group) is 2. The number of morpholine rings is 1.